The van der Waals surface area contributed by atoms with E-state index >= 15 is 0 Å². The molecule has 8 nitrogen and oxygen atoms in total. The van der Waals surface area contributed by atoms with E-state index < -0.39 is 10.8 Å². The summed E-state index contributed by atoms with van der Waals surface area (Å²) in [7, 11) is 0. The number of carbonyl (C=O) groups excluding carboxylic acids is 1. The zero-order chi connectivity index (χ0) is 13.5. The van der Waals surface area contributed by atoms with Gasteiger partial charge >= 0.3 is 0 Å². The van der Waals surface area contributed by atoms with Crippen LogP contribution in [0.25, 0.3) is 0 Å². The highest BCUT2D eigenvalue weighted by Gasteiger charge is 2.15. The first-order chi connectivity index (χ1) is 8.56. The number of nitro groups is 1. The Hall–Kier alpha value is -2.48. The molecule has 0 bridgehead atoms. The van der Waals surface area contributed by atoms with Crippen LogP contribution >= 0.6 is 0 Å². The molecule has 0 aliphatic heterocycles. The Bertz CT molecular complexity index is 486. The van der Waals surface area contributed by atoms with Gasteiger partial charge in [0.2, 0.25) is 0 Å². The third-order valence-electron chi connectivity index (χ3n) is 2.04. The van der Waals surface area contributed by atoms with Crippen molar-refractivity contribution in [1.29, 1.82) is 0 Å². The summed E-state index contributed by atoms with van der Waals surface area (Å²) in [5.74, 6) is -0.578. The van der Waals surface area contributed by atoms with Crippen LogP contribution in [-0.4, -0.2) is 28.9 Å². The van der Waals surface area contributed by atoms with Crippen molar-refractivity contribution in [2.45, 2.75) is 0 Å². The molecular formula is C10H13N5O3. The van der Waals surface area contributed by atoms with E-state index in [1.807, 2.05) is 0 Å². The van der Waals surface area contributed by atoms with E-state index in [2.05, 4.69) is 10.3 Å². The van der Waals surface area contributed by atoms with E-state index in [-0.39, 0.29) is 17.1 Å². The fraction of sp³-hybridized carbons (Fsp3) is 0.200. The number of anilines is 1. The standard InChI is InChI=1S/C10H13N5O3/c11-3-1-2-4-13-10-8(9(12)16)5-7(6-14-10)15(17)18/h1-2,5-6H,3-4,11H2,(H2,12,16)(H,13,14)/b2-1+. The summed E-state index contributed by atoms with van der Waals surface area (Å²) in [6, 6.07) is 1.09. The second kappa shape index (κ2) is 6.30. The van der Waals surface area contributed by atoms with Crippen LogP contribution in [-0.2, 0) is 0 Å². The number of nitrogens with zero attached hydrogens (tertiary/aromatic N) is 2. The van der Waals surface area contributed by atoms with E-state index in [1.54, 1.807) is 12.2 Å². The van der Waals surface area contributed by atoms with Gasteiger partial charge < -0.3 is 16.8 Å². The van der Waals surface area contributed by atoms with Gasteiger partial charge in [0, 0.05) is 19.2 Å². The molecule has 1 aromatic rings. The minimum absolute atomic E-state index is 0.0228. The Kier molecular flexibility index (Phi) is 4.76. The molecular weight excluding hydrogens is 238 g/mol. The van der Waals surface area contributed by atoms with Gasteiger partial charge in [-0.25, -0.2) is 4.98 Å². The maximum Gasteiger partial charge on any atom is 0.288 e. The third kappa shape index (κ3) is 3.52. The first-order valence-electron chi connectivity index (χ1n) is 5.09. The molecule has 0 unspecified atom stereocenters. The highest BCUT2D eigenvalue weighted by atomic mass is 16.6. The van der Waals surface area contributed by atoms with E-state index in [9.17, 15) is 14.9 Å². The zero-order valence-electron chi connectivity index (χ0n) is 9.50. The van der Waals surface area contributed by atoms with Crippen molar-refractivity contribution >= 4 is 17.4 Å². The van der Waals surface area contributed by atoms with Crippen molar-refractivity contribution in [2.75, 3.05) is 18.4 Å². The summed E-state index contributed by atoms with van der Waals surface area (Å²) in [5.41, 5.74) is 10.1. The first-order valence-corrected chi connectivity index (χ1v) is 5.09. The number of hydrogen-bond acceptors (Lipinski definition) is 6. The smallest absolute Gasteiger partial charge is 0.288 e. The molecule has 0 saturated heterocycles. The number of nitrogens with one attached hydrogen (secondary N) is 1. The highest BCUT2D eigenvalue weighted by molar-refractivity contribution is 5.98. The molecule has 1 heterocycles. The van der Waals surface area contributed by atoms with Crippen molar-refractivity contribution in [2.24, 2.45) is 11.5 Å². The van der Waals surface area contributed by atoms with Gasteiger partial charge in [-0.1, -0.05) is 12.2 Å². The molecule has 1 aromatic heterocycles. The molecule has 5 N–H and O–H groups in total. The quantitative estimate of drug-likeness (QED) is 0.370. The lowest BCUT2D eigenvalue weighted by molar-refractivity contribution is -0.385. The van der Waals surface area contributed by atoms with Gasteiger partial charge in [-0.15, -0.1) is 0 Å². The molecule has 8 heteroatoms. The molecule has 0 fully saturated rings. The average molecular weight is 251 g/mol. The number of pyridine rings is 1. The van der Waals surface area contributed by atoms with Gasteiger partial charge in [0.1, 0.15) is 12.0 Å². The summed E-state index contributed by atoms with van der Waals surface area (Å²) in [4.78, 5) is 24.9. The second-order valence-electron chi connectivity index (χ2n) is 3.30. The Morgan fingerprint density at radius 1 is 1.56 bits per heavy atom. The Morgan fingerprint density at radius 3 is 2.83 bits per heavy atom. The van der Waals surface area contributed by atoms with E-state index in [0.717, 1.165) is 12.3 Å². The van der Waals surface area contributed by atoms with Gasteiger partial charge in [0.05, 0.1) is 10.5 Å². The van der Waals surface area contributed by atoms with E-state index in [0.29, 0.717) is 13.1 Å². The van der Waals surface area contributed by atoms with Crippen molar-refractivity contribution in [3.8, 4) is 0 Å². The van der Waals surface area contributed by atoms with E-state index in [4.69, 9.17) is 11.5 Å². The Labute approximate surface area is 103 Å². The largest absolute Gasteiger partial charge is 0.366 e. The predicted molar refractivity (Wildman–Crippen MR) is 66.1 cm³/mol. The lowest BCUT2D eigenvalue weighted by Gasteiger charge is -2.06. The molecule has 0 aromatic carbocycles. The summed E-state index contributed by atoms with van der Waals surface area (Å²) < 4.78 is 0. The number of nitrogens with two attached hydrogens (primary N) is 2. The Morgan fingerprint density at radius 2 is 2.28 bits per heavy atom. The van der Waals surface area contributed by atoms with Crippen LogP contribution in [0.3, 0.4) is 0 Å². The zero-order valence-corrected chi connectivity index (χ0v) is 9.50. The van der Waals surface area contributed by atoms with Crippen LogP contribution in [0.2, 0.25) is 0 Å². The fourth-order valence-corrected chi connectivity index (χ4v) is 1.22. The monoisotopic (exact) mass is 251 g/mol. The molecule has 18 heavy (non-hydrogen) atoms. The van der Waals surface area contributed by atoms with Crippen LogP contribution in [0.5, 0.6) is 0 Å². The predicted octanol–water partition coefficient (Wildman–Crippen LogP) is 0.0155. The third-order valence-corrected chi connectivity index (χ3v) is 2.04. The van der Waals surface area contributed by atoms with Crippen LogP contribution in [0, 0.1) is 10.1 Å². The number of carbonyl (C=O) groups is 1. The summed E-state index contributed by atoms with van der Waals surface area (Å²) >= 11 is 0. The molecule has 0 aliphatic carbocycles. The van der Waals surface area contributed by atoms with Crippen LogP contribution < -0.4 is 16.8 Å². The van der Waals surface area contributed by atoms with Crippen molar-refractivity contribution in [3.05, 3.63) is 40.1 Å². The van der Waals surface area contributed by atoms with Gasteiger partial charge in [0.15, 0.2) is 0 Å². The minimum atomic E-state index is -0.781. The van der Waals surface area contributed by atoms with Crippen molar-refractivity contribution in [3.63, 3.8) is 0 Å². The fourth-order valence-electron chi connectivity index (χ4n) is 1.22. The molecule has 0 spiro atoms. The Balaban J connectivity index is 2.93. The normalized spacial score (nSPS) is 10.5. The molecule has 1 rings (SSSR count). The van der Waals surface area contributed by atoms with Gasteiger partial charge in [-0.05, 0) is 0 Å². The summed E-state index contributed by atoms with van der Waals surface area (Å²) in [5, 5.41) is 13.4. The van der Waals surface area contributed by atoms with Gasteiger partial charge in [-0.2, -0.15) is 0 Å². The average Bonchev–Trinajstić information content (AvgIpc) is 2.34. The lowest BCUT2D eigenvalue weighted by Crippen LogP contribution is -2.16. The highest BCUT2D eigenvalue weighted by Crippen LogP contribution is 2.18. The van der Waals surface area contributed by atoms with Crippen molar-refractivity contribution < 1.29 is 9.72 Å². The molecule has 0 saturated carbocycles. The first kappa shape index (κ1) is 13.6. The maximum absolute atomic E-state index is 11.2. The molecule has 0 aliphatic rings. The topological polar surface area (TPSA) is 137 Å². The van der Waals surface area contributed by atoms with Crippen LogP contribution in [0.4, 0.5) is 11.5 Å². The number of amides is 1. The van der Waals surface area contributed by atoms with Gasteiger partial charge in [-0.3, -0.25) is 14.9 Å². The number of hydrogen-bond donors (Lipinski definition) is 3. The summed E-state index contributed by atoms with van der Waals surface area (Å²) in [6.07, 6.45) is 4.53. The summed E-state index contributed by atoms with van der Waals surface area (Å²) in [6.45, 7) is 0.792. The SMILES string of the molecule is NC/C=C/CNc1ncc([N+](=O)[O-])cc1C(N)=O. The van der Waals surface area contributed by atoms with Crippen LogP contribution in [0.15, 0.2) is 24.4 Å². The number of primary amides is 1. The molecule has 96 valence electrons. The molecule has 0 atom stereocenters. The molecule has 1 amide bonds. The van der Waals surface area contributed by atoms with Crippen LogP contribution in [0.1, 0.15) is 10.4 Å². The van der Waals surface area contributed by atoms with Gasteiger partial charge in [0.25, 0.3) is 11.6 Å². The van der Waals surface area contributed by atoms with Crippen molar-refractivity contribution in [1.82, 2.24) is 4.98 Å². The minimum Gasteiger partial charge on any atom is -0.366 e. The number of aromatic nitrogens is 1. The number of rotatable bonds is 6. The molecule has 0 radical (unpaired) electrons. The second-order valence-corrected chi connectivity index (χ2v) is 3.30. The van der Waals surface area contributed by atoms with E-state index in [1.165, 1.54) is 0 Å². The lowest BCUT2D eigenvalue weighted by atomic mass is 10.2. The maximum atomic E-state index is 11.2.